The third kappa shape index (κ3) is 5.74. The number of ether oxygens (including phenoxy) is 2. The zero-order valence-electron chi connectivity index (χ0n) is 23.7. The molecule has 4 heterocycles. The maximum Gasteiger partial charge on any atom is 0.290 e. The predicted octanol–water partition coefficient (Wildman–Crippen LogP) is 4.59. The molecule has 2 fully saturated rings. The summed E-state index contributed by atoms with van der Waals surface area (Å²) in [7, 11) is -4.17. The average Bonchev–Trinajstić information content (AvgIpc) is 3.34. The van der Waals surface area contributed by atoms with Crippen molar-refractivity contribution in [1.82, 2.24) is 19.5 Å². The molecule has 10 nitrogen and oxygen atoms in total. The Kier molecular flexibility index (Phi) is 6.90. The van der Waals surface area contributed by atoms with Crippen molar-refractivity contribution in [2.24, 2.45) is 5.41 Å². The fraction of sp³-hybridized carbons (Fsp3) is 0.500. The van der Waals surface area contributed by atoms with Crippen molar-refractivity contribution < 1.29 is 22.7 Å². The van der Waals surface area contributed by atoms with E-state index in [1.54, 1.807) is 29.1 Å². The number of hydrogen-bond donors (Lipinski definition) is 1. The molecule has 216 valence electrons. The van der Waals surface area contributed by atoms with Gasteiger partial charge in [-0.3, -0.25) is 4.79 Å². The van der Waals surface area contributed by atoms with Crippen molar-refractivity contribution in [3.8, 4) is 11.7 Å². The van der Waals surface area contributed by atoms with Gasteiger partial charge in [0.15, 0.2) is 5.82 Å². The first-order chi connectivity index (χ1) is 19.5. The van der Waals surface area contributed by atoms with E-state index in [9.17, 15) is 13.2 Å². The van der Waals surface area contributed by atoms with Crippen LogP contribution in [0.3, 0.4) is 0 Å². The summed E-state index contributed by atoms with van der Waals surface area (Å²) in [5, 5.41) is 4.57. The van der Waals surface area contributed by atoms with E-state index in [1.807, 2.05) is 0 Å². The van der Waals surface area contributed by atoms with Gasteiger partial charge < -0.3 is 14.4 Å². The Morgan fingerprint density at radius 2 is 2.00 bits per heavy atom. The summed E-state index contributed by atoms with van der Waals surface area (Å²) in [6.07, 6.45) is 15.8. The van der Waals surface area contributed by atoms with Gasteiger partial charge in [-0.15, -0.1) is 5.10 Å². The predicted molar refractivity (Wildman–Crippen MR) is 154 cm³/mol. The minimum absolute atomic E-state index is 0.0677. The van der Waals surface area contributed by atoms with Gasteiger partial charge in [0.05, 0.1) is 30.9 Å². The number of fused-ring (bicyclic) bond motifs is 4. The average molecular weight is 579 g/mol. The van der Waals surface area contributed by atoms with Crippen LogP contribution in [0.25, 0.3) is 5.82 Å². The summed E-state index contributed by atoms with van der Waals surface area (Å²) in [6.45, 7) is 7.55. The van der Waals surface area contributed by atoms with Crippen LogP contribution in [0.2, 0.25) is 0 Å². The quantitative estimate of drug-likeness (QED) is 0.512. The highest BCUT2D eigenvalue weighted by Crippen LogP contribution is 2.48. The van der Waals surface area contributed by atoms with Crippen molar-refractivity contribution >= 4 is 21.7 Å². The number of rotatable bonds is 5. The van der Waals surface area contributed by atoms with Gasteiger partial charge in [-0.25, -0.2) is 14.4 Å². The van der Waals surface area contributed by atoms with Crippen molar-refractivity contribution in [2.75, 3.05) is 18.1 Å². The van der Waals surface area contributed by atoms with Crippen LogP contribution in [0.5, 0.6) is 5.88 Å². The number of anilines is 1. The normalized spacial score (nSPS) is 23.9. The molecule has 4 aliphatic rings. The molecule has 2 aliphatic carbocycles. The molecule has 0 radical (unpaired) electrons. The number of carbonyl (C=O) groups is 1. The van der Waals surface area contributed by atoms with Crippen LogP contribution in [-0.4, -0.2) is 53.9 Å². The van der Waals surface area contributed by atoms with Crippen LogP contribution >= 0.6 is 0 Å². The summed E-state index contributed by atoms with van der Waals surface area (Å²) < 4.78 is 42.0. The molecule has 1 saturated heterocycles. The van der Waals surface area contributed by atoms with E-state index >= 15 is 0 Å². The van der Waals surface area contributed by atoms with E-state index in [2.05, 4.69) is 41.6 Å². The lowest BCUT2D eigenvalue weighted by atomic mass is 10.0. The Bertz CT molecular complexity index is 1550. The van der Waals surface area contributed by atoms with Crippen LogP contribution < -0.4 is 14.4 Å². The summed E-state index contributed by atoms with van der Waals surface area (Å²) in [6, 6.07) is 5.20. The highest BCUT2D eigenvalue weighted by molar-refractivity contribution is 7.94. The molecule has 2 aromatic rings. The van der Waals surface area contributed by atoms with Crippen LogP contribution in [-0.2, 0) is 14.8 Å². The summed E-state index contributed by atoms with van der Waals surface area (Å²) in [5.41, 5.74) is 0.278. The highest BCUT2D eigenvalue weighted by Gasteiger charge is 2.42. The molecular formula is C30H36N5O5S+. The summed E-state index contributed by atoms with van der Waals surface area (Å²) in [4.78, 5) is 20.6. The molecule has 1 N–H and O–H groups in total. The van der Waals surface area contributed by atoms with Crippen LogP contribution in [0, 0.1) is 11.5 Å². The number of nitrogens with zero attached hydrogens (tertiary/aromatic N) is 4. The zero-order valence-corrected chi connectivity index (χ0v) is 24.5. The van der Waals surface area contributed by atoms with E-state index in [-0.39, 0.29) is 22.0 Å². The smallest absolute Gasteiger partial charge is 0.290 e. The molecule has 1 amide bonds. The lowest BCUT2D eigenvalue weighted by molar-refractivity contribution is 0.0981. The SMILES string of the molecule is CC1(CCOc2ccn(-c3ccc4c(n3)N3C(CCCOC5=[C+]C=CC(=C5)S(=O)(=O)NC4=O)CCC3(C)C)n2)CC1. The maximum absolute atomic E-state index is 13.6. The topological polar surface area (TPSA) is 116 Å². The number of amides is 1. The standard InChI is InChI=1S/C30H35N5O5S/c1-29(2)13-11-21-6-5-18-39-22-7-4-8-23(20-22)41(37,38)33-28(36)24-9-10-25(31-27(24)35(21)29)34-17-12-26(32-34)40-19-16-30(3)14-15-30/h4,8-10,12,17,20-21H,5-6,11,13-16,18-19H2,1-3H3/p+1. The first-order valence-electron chi connectivity index (χ1n) is 14.2. The molecule has 2 bridgehead atoms. The van der Waals surface area contributed by atoms with Crippen LogP contribution in [0.15, 0.2) is 53.3 Å². The molecule has 1 unspecified atom stereocenters. The number of pyridine rings is 1. The molecule has 0 aromatic carbocycles. The fourth-order valence-corrected chi connectivity index (χ4v) is 6.69. The number of allylic oxidation sites excluding steroid dienone is 4. The molecule has 1 saturated carbocycles. The number of hydrogen-bond acceptors (Lipinski definition) is 8. The number of aromatic nitrogens is 3. The van der Waals surface area contributed by atoms with Crippen molar-refractivity contribution in [3.05, 3.63) is 64.9 Å². The Morgan fingerprint density at radius 3 is 2.80 bits per heavy atom. The van der Waals surface area contributed by atoms with E-state index in [4.69, 9.17) is 14.5 Å². The Balaban J connectivity index is 1.36. The lowest BCUT2D eigenvalue weighted by Gasteiger charge is -2.38. The second kappa shape index (κ2) is 10.3. The summed E-state index contributed by atoms with van der Waals surface area (Å²) >= 11 is 0. The first-order valence-corrected chi connectivity index (χ1v) is 15.7. The van der Waals surface area contributed by atoms with E-state index in [0.717, 1.165) is 32.1 Å². The second-order valence-electron chi connectivity index (χ2n) is 12.2. The van der Waals surface area contributed by atoms with Gasteiger partial charge in [0.2, 0.25) is 10.8 Å². The fourth-order valence-electron chi connectivity index (χ4n) is 5.71. The molecule has 6 rings (SSSR count). The van der Waals surface area contributed by atoms with Crippen LogP contribution in [0.1, 0.15) is 76.1 Å². The Hall–Kier alpha value is -3.69. The van der Waals surface area contributed by atoms with Crippen LogP contribution in [0.4, 0.5) is 5.82 Å². The van der Waals surface area contributed by atoms with Gasteiger partial charge >= 0.3 is 0 Å². The molecule has 11 heteroatoms. The molecule has 2 aliphatic heterocycles. The second-order valence-corrected chi connectivity index (χ2v) is 13.9. The zero-order chi connectivity index (χ0) is 28.8. The van der Waals surface area contributed by atoms with Gasteiger partial charge in [-0.05, 0) is 76.3 Å². The minimum Gasteiger partial charge on any atom is -0.477 e. The van der Waals surface area contributed by atoms with Gasteiger partial charge in [0.25, 0.3) is 21.7 Å². The molecule has 2 aromatic heterocycles. The van der Waals surface area contributed by atoms with E-state index < -0.39 is 15.9 Å². The number of sulfonamides is 1. The lowest BCUT2D eigenvalue weighted by Crippen LogP contribution is -2.45. The van der Waals surface area contributed by atoms with Gasteiger partial charge in [-0.2, -0.15) is 8.42 Å². The van der Waals surface area contributed by atoms with Gasteiger partial charge in [0.1, 0.15) is 18.0 Å². The summed E-state index contributed by atoms with van der Waals surface area (Å²) in [5.74, 6) is 1.04. The van der Waals surface area contributed by atoms with Crippen molar-refractivity contribution in [3.63, 3.8) is 0 Å². The van der Waals surface area contributed by atoms with Gasteiger partial charge in [-0.1, -0.05) is 6.92 Å². The highest BCUT2D eigenvalue weighted by atomic mass is 32.2. The Labute approximate surface area is 241 Å². The molecule has 41 heavy (non-hydrogen) atoms. The Morgan fingerprint density at radius 1 is 1.17 bits per heavy atom. The van der Waals surface area contributed by atoms with Crippen molar-refractivity contribution in [2.45, 2.75) is 77.3 Å². The number of nitrogens with one attached hydrogen (secondary N) is 1. The number of carbonyl (C=O) groups excluding carboxylic acids is 1. The third-order valence-corrected chi connectivity index (χ3v) is 9.85. The monoisotopic (exact) mass is 578 g/mol. The minimum atomic E-state index is -4.17. The first kappa shape index (κ1) is 27.5. The molecular weight excluding hydrogens is 542 g/mol. The maximum atomic E-state index is 13.6. The molecule has 1 atom stereocenters. The largest absolute Gasteiger partial charge is 0.477 e. The molecule has 0 spiro atoms. The van der Waals surface area contributed by atoms with E-state index in [0.29, 0.717) is 41.9 Å². The third-order valence-electron chi connectivity index (χ3n) is 8.52. The van der Waals surface area contributed by atoms with Crippen molar-refractivity contribution in [1.29, 1.82) is 0 Å². The van der Waals surface area contributed by atoms with Gasteiger partial charge in [0, 0.05) is 23.8 Å². The van der Waals surface area contributed by atoms with E-state index in [1.165, 1.54) is 31.1 Å².